The summed E-state index contributed by atoms with van der Waals surface area (Å²) in [4.78, 5) is 12.2. The molecule has 0 N–H and O–H groups in total. The van der Waals surface area contributed by atoms with Gasteiger partial charge in [0.1, 0.15) is 12.1 Å². The second-order valence-corrected chi connectivity index (χ2v) is 5.45. The summed E-state index contributed by atoms with van der Waals surface area (Å²) in [5, 5.41) is 18.6. The number of rotatable bonds is 3. The van der Waals surface area contributed by atoms with Gasteiger partial charge in [-0.3, -0.25) is 0 Å². The molecule has 0 heterocycles. The van der Waals surface area contributed by atoms with Crippen LogP contribution in [0.25, 0.3) is 0 Å². The number of benzene rings is 2. The summed E-state index contributed by atoms with van der Waals surface area (Å²) in [7, 11) is 0. The van der Waals surface area contributed by atoms with Gasteiger partial charge >= 0.3 is 23.9 Å². The summed E-state index contributed by atoms with van der Waals surface area (Å²) in [6.45, 7) is 0. The minimum Gasteiger partial charge on any atom is -0.422 e. The topological polar surface area (TPSA) is 73.9 Å². The molecule has 0 saturated heterocycles. The molecule has 10 heteroatoms. The smallest absolute Gasteiger partial charge is 0.416 e. The van der Waals surface area contributed by atoms with Gasteiger partial charge in [0.15, 0.2) is 0 Å². The highest BCUT2D eigenvalue weighted by atomic mass is 19.4. The molecule has 0 aliphatic carbocycles. The van der Waals surface area contributed by atoms with Gasteiger partial charge in [-0.25, -0.2) is 4.79 Å². The molecule has 0 unspecified atom stereocenters. The van der Waals surface area contributed by atoms with Crippen molar-refractivity contribution in [1.29, 1.82) is 10.5 Å². The zero-order valence-electron chi connectivity index (χ0n) is 13.6. The number of nitrogens with zero attached hydrogens (tertiary/aromatic N) is 2. The first-order chi connectivity index (χ1) is 12.9. The average Bonchev–Trinajstić information content (AvgIpc) is 2.65. The third kappa shape index (κ3) is 4.23. The molecule has 0 aliphatic heterocycles. The number of hydrogen-bond donors (Lipinski definition) is 0. The summed E-state index contributed by atoms with van der Waals surface area (Å²) < 4.78 is 81.6. The Kier molecular flexibility index (Phi) is 5.37. The summed E-state index contributed by atoms with van der Waals surface area (Å²) in [5.41, 5.74) is -6.38. The van der Waals surface area contributed by atoms with Crippen molar-refractivity contribution in [2.45, 2.75) is 18.0 Å². The first kappa shape index (κ1) is 20.8. The molecule has 0 amide bonds. The van der Waals surface area contributed by atoms with Gasteiger partial charge < -0.3 is 4.74 Å². The van der Waals surface area contributed by atoms with Crippen LogP contribution in [0.15, 0.2) is 48.5 Å². The van der Waals surface area contributed by atoms with E-state index in [9.17, 15) is 41.7 Å². The van der Waals surface area contributed by atoms with Gasteiger partial charge in [-0.15, -0.1) is 0 Å². The van der Waals surface area contributed by atoms with Crippen molar-refractivity contribution >= 4 is 5.97 Å². The lowest BCUT2D eigenvalue weighted by molar-refractivity contribution is -0.138. The fourth-order valence-electron chi connectivity index (χ4n) is 2.19. The van der Waals surface area contributed by atoms with Gasteiger partial charge in [0.25, 0.3) is 0 Å². The van der Waals surface area contributed by atoms with Crippen LogP contribution in [0.2, 0.25) is 0 Å². The fraction of sp³-hybridized carbons (Fsp3) is 0.167. The zero-order chi connectivity index (χ0) is 21.2. The van der Waals surface area contributed by atoms with Gasteiger partial charge in [0.05, 0.1) is 16.7 Å². The zero-order valence-corrected chi connectivity index (χ0v) is 13.6. The van der Waals surface area contributed by atoms with E-state index in [0.717, 1.165) is 24.3 Å². The Morgan fingerprint density at radius 3 is 1.75 bits per heavy atom. The van der Waals surface area contributed by atoms with E-state index in [1.54, 1.807) is 0 Å². The van der Waals surface area contributed by atoms with Crippen LogP contribution in [-0.2, 0) is 22.7 Å². The van der Waals surface area contributed by atoms with Crippen LogP contribution in [-0.4, -0.2) is 5.97 Å². The Morgan fingerprint density at radius 1 is 0.786 bits per heavy atom. The Labute approximate surface area is 154 Å². The molecule has 0 saturated carbocycles. The van der Waals surface area contributed by atoms with Crippen molar-refractivity contribution in [2.75, 3.05) is 0 Å². The maximum Gasteiger partial charge on any atom is 0.416 e. The van der Waals surface area contributed by atoms with E-state index in [0.29, 0.717) is 24.3 Å². The van der Waals surface area contributed by atoms with E-state index in [4.69, 9.17) is 4.74 Å². The van der Waals surface area contributed by atoms with Crippen molar-refractivity contribution < 1.29 is 35.9 Å². The van der Waals surface area contributed by atoms with Crippen LogP contribution in [0.1, 0.15) is 27.0 Å². The molecule has 0 fully saturated rings. The number of nitriles is 2. The average molecular weight is 398 g/mol. The number of carbonyl (C=O) groups is 1. The van der Waals surface area contributed by atoms with Gasteiger partial charge in [0.2, 0.25) is 0 Å². The fourth-order valence-corrected chi connectivity index (χ4v) is 2.19. The third-order valence-electron chi connectivity index (χ3n) is 3.58. The molecule has 28 heavy (non-hydrogen) atoms. The lowest BCUT2D eigenvalue weighted by atomic mass is 9.94. The predicted octanol–water partition coefficient (Wildman–Crippen LogP) is 4.82. The first-order valence-corrected chi connectivity index (χ1v) is 7.34. The van der Waals surface area contributed by atoms with E-state index in [1.807, 2.05) is 0 Å². The van der Waals surface area contributed by atoms with Crippen LogP contribution < -0.4 is 0 Å². The molecular formula is C18H8F6N2O2. The number of ether oxygens (including phenoxy) is 1. The number of hydrogen-bond acceptors (Lipinski definition) is 4. The Morgan fingerprint density at radius 2 is 1.25 bits per heavy atom. The van der Waals surface area contributed by atoms with Gasteiger partial charge in [-0.2, -0.15) is 36.9 Å². The molecule has 0 bridgehead atoms. The standard InChI is InChI=1S/C18H8F6N2O2/c19-17(20,21)13-5-1-3-11(7-13)15(27)28-16(9-25,10-26)12-4-2-6-14(8-12)18(22,23)24/h1-8H. The molecule has 2 rings (SSSR count). The van der Waals surface area contributed by atoms with Crippen LogP contribution in [0.3, 0.4) is 0 Å². The molecule has 0 aromatic heterocycles. The lowest BCUT2D eigenvalue weighted by Gasteiger charge is -2.21. The van der Waals surface area contributed by atoms with E-state index in [1.165, 1.54) is 12.1 Å². The number of alkyl halides is 6. The SMILES string of the molecule is N#CC(C#N)(OC(=O)c1cccc(C(F)(F)F)c1)c1cccc(C(F)(F)F)c1. The molecule has 4 nitrogen and oxygen atoms in total. The first-order valence-electron chi connectivity index (χ1n) is 7.34. The highest BCUT2D eigenvalue weighted by molar-refractivity contribution is 5.90. The molecule has 2 aromatic carbocycles. The van der Waals surface area contributed by atoms with E-state index in [-0.39, 0.29) is 0 Å². The molecule has 0 spiro atoms. The Hall–Kier alpha value is -3.53. The molecule has 144 valence electrons. The van der Waals surface area contributed by atoms with E-state index < -0.39 is 46.2 Å². The summed E-state index contributed by atoms with van der Waals surface area (Å²) >= 11 is 0. The maximum atomic E-state index is 12.9. The number of esters is 1. The monoisotopic (exact) mass is 398 g/mol. The Balaban J connectivity index is 2.45. The summed E-state index contributed by atoms with van der Waals surface area (Å²) in [5.74, 6) is -1.48. The van der Waals surface area contributed by atoms with Crippen LogP contribution in [0.5, 0.6) is 0 Å². The highest BCUT2D eigenvalue weighted by Gasteiger charge is 2.40. The van der Waals surface area contributed by atoms with Crippen molar-refractivity contribution in [3.8, 4) is 12.1 Å². The normalized spacial score (nSPS) is 12.0. The third-order valence-corrected chi connectivity index (χ3v) is 3.58. The molecular weight excluding hydrogens is 390 g/mol. The lowest BCUT2D eigenvalue weighted by Crippen LogP contribution is -2.30. The van der Waals surface area contributed by atoms with Crippen molar-refractivity contribution in [1.82, 2.24) is 0 Å². The van der Waals surface area contributed by atoms with Crippen molar-refractivity contribution in [2.24, 2.45) is 0 Å². The largest absolute Gasteiger partial charge is 0.422 e. The molecule has 0 aliphatic rings. The van der Waals surface area contributed by atoms with Crippen LogP contribution in [0.4, 0.5) is 26.3 Å². The minimum atomic E-state index is -4.79. The van der Waals surface area contributed by atoms with Crippen molar-refractivity contribution in [3.63, 3.8) is 0 Å². The highest BCUT2D eigenvalue weighted by Crippen LogP contribution is 2.34. The molecule has 0 atom stereocenters. The molecule has 2 aromatic rings. The summed E-state index contributed by atoms with van der Waals surface area (Å²) in [6.07, 6.45) is -9.56. The summed E-state index contributed by atoms with van der Waals surface area (Å²) in [6, 6.07) is 8.59. The van der Waals surface area contributed by atoms with Crippen LogP contribution in [0, 0.1) is 22.7 Å². The van der Waals surface area contributed by atoms with E-state index in [2.05, 4.69) is 0 Å². The minimum absolute atomic E-state index is 0.438. The van der Waals surface area contributed by atoms with Gasteiger partial charge in [-0.05, 0) is 30.3 Å². The number of carbonyl (C=O) groups excluding carboxylic acids is 1. The van der Waals surface area contributed by atoms with Gasteiger partial charge in [0, 0.05) is 5.56 Å². The Bertz CT molecular complexity index is 969. The van der Waals surface area contributed by atoms with Crippen LogP contribution >= 0.6 is 0 Å². The second kappa shape index (κ2) is 7.24. The number of halogens is 6. The van der Waals surface area contributed by atoms with Gasteiger partial charge in [-0.1, -0.05) is 18.2 Å². The van der Waals surface area contributed by atoms with Crippen molar-refractivity contribution in [3.05, 3.63) is 70.8 Å². The maximum absolute atomic E-state index is 12.9. The second-order valence-electron chi connectivity index (χ2n) is 5.45. The van der Waals surface area contributed by atoms with E-state index >= 15 is 0 Å². The quantitative estimate of drug-likeness (QED) is 0.549. The predicted molar refractivity (Wildman–Crippen MR) is 81.2 cm³/mol. The molecule has 0 radical (unpaired) electrons.